The molecule has 2 heterocycles. The van der Waals surface area contributed by atoms with Crippen molar-refractivity contribution in [1.29, 1.82) is 0 Å². The second kappa shape index (κ2) is 10.8. The van der Waals surface area contributed by atoms with Crippen LogP contribution in [0.5, 0.6) is 0 Å². The molecule has 2 rings (SSSR count). The Morgan fingerprint density at radius 2 is 1.36 bits per heavy atom. The number of hydrogen-bond donors (Lipinski definition) is 0. The fraction of sp³-hybridized carbons (Fsp3) is 0.708. The highest BCUT2D eigenvalue weighted by Crippen LogP contribution is 2.41. The van der Waals surface area contributed by atoms with Gasteiger partial charge in [0, 0.05) is 31.9 Å². The van der Waals surface area contributed by atoms with E-state index in [1.165, 1.54) is 20.8 Å². The van der Waals surface area contributed by atoms with Gasteiger partial charge < -0.3 is 23.4 Å². The molecule has 0 aromatic heterocycles. The number of imide groups is 1. The van der Waals surface area contributed by atoms with E-state index in [0.717, 1.165) is 18.7 Å². The molecule has 0 aromatic carbocycles. The summed E-state index contributed by atoms with van der Waals surface area (Å²) >= 11 is 0. The van der Waals surface area contributed by atoms with Crippen molar-refractivity contribution >= 4 is 38.0 Å². The van der Waals surface area contributed by atoms with Crippen molar-refractivity contribution in [3.8, 4) is 0 Å². The topological polar surface area (TPSA) is 135 Å². The van der Waals surface area contributed by atoms with Crippen LogP contribution in [0.4, 0.5) is 0 Å². The van der Waals surface area contributed by atoms with Crippen molar-refractivity contribution in [2.45, 2.75) is 104 Å². The summed E-state index contributed by atoms with van der Waals surface area (Å²) in [6.45, 7) is 16.1. The zero-order chi connectivity index (χ0) is 27.7. The maximum Gasteiger partial charge on any atom is 0.303 e. The van der Waals surface area contributed by atoms with Gasteiger partial charge in [-0.1, -0.05) is 20.8 Å². The summed E-state index contributed by atoms with van der Waals surface area (Å²) < 4.78 is 28.9. The normalized spacial score (nSPS) is 27.3. The molecular formula is C24H37NO10Si. The van der Waals surface area contributed by atoms with Crippen LogP contribution in [-0.4, -0.2) is 80.2 Å². The van der Waals surface area contributed by atoms with Crippen molar-refractivity contribution in [3.05, 3.63) is 11.1 Å². The van der Waals surface area contributed by atoms with Crippen molar-refractivity contribution in [2.75, 3.05) is 6.61 Å². The lowest BCUT2D eigenvalue weighted by molar-refractivity contribution is -0.271. The predicted octanol–water partition coefficient (Wildman–Crippen LogP) is 2.23. The Bertz CT molecular complexity index is 942. The van der Waals surface area contributed by atoms with Crippen LogP contribution in [0.2, 0.25) is 18.1 Å². The molecule has 0 radical (unpaired) electrons. The van der Waals surface area contributed by atoms with Gasteiger partial charge in [0.15, 0.2) is 26.8 Å². The van der Waals surface area contributed by atoms with Crippen LogP contribution in [0.3, 0.4) is 0 Å². The van der Waals surface area contributed by atoms with Crippen LogP contribution in [0.1, 0.15) is 55.4 Å². The summed E-state index contributed by atoms with van der Waals surface area (Å²) in [5, 5.41) is -0.293. The zero-order valence-electron chi connectivity index (χ0n) is 22.6. The Hall–Kier alpha value is -2.57. The molecular weight excluding hydrogens is 490 g/mol. The van der Waals surface area contributed by atoms with E-state index in [4.69, 9.17) is 23.4 Å². The molecule has 1 fully saturated rings. The zero-order valence-corrected chi connectivity index (χ0v) is 23.6. The van der Waals surface area contributed by atoms with Gasteiger partial charge in [-0.25, -0.2) is 0 Å². The molecule has 0 bridgehead atoms. The second-order valence-corrected chi connectivity index (χ2v) is 15.3. The first-order valence-corrected chi connectivity index (χ1v) is 14.7. The molecule has 0 unspecified atom stereocenters. The molecule has 0 spiro atoms. The number of ether oxygens (including phenoxy) is 4. The largest absolute Gasteiger partial charge is 0.463 e. The fourth-order valence-corrected chi connectivity index (χ4v) is 4.90. The SMILES string of the molecule is CC(=O)OC[C@H]1O[C@@H](O[Si](C)(C)C(C)(C)C)[C@H](N2C(=O)C(C)=C(C)C2=O)[C@@H](OC(C)=O)[C@@H]1OC(C)=O. The Labute approximate surface area is 212 Å². The Kier molecular flexibility index (Phi) is 8.91. The fourth-order valence-electron chi connectivity index (χ4n) is 3.77. The molecule has 12 heteroatoms. The highest BCUT2D eigenvalue weighted by molar-refractivity contribution is 6.74. The van der Waals surface area contributed by atoms with E-state index < -0.39 is 68.7 Å². The van der Waals surface area contributed by atoms with Gasteiger partial charge in [-0.15, -0.1) is 0 Å². The van der Waals surface area contributed by atoms with Gasteiger partial charge in [-0.2, -0.15) is 0 Å². The van der Waals surface area contributed by atoms with E-state index in [0.29, 0.717) is 0 Å². The molecule has 1 saturated heterocycles. The predicted molar refractivity (Wildman–Crippen MR) is 129 cm³/mol. The number of amides is 2. The number of esters is 3. The number of carbonyl (C=O) groups is 5. The quantitative estimate of drug-likeness (QED) is 0.210. The summed E-state index contributed by atoms with van der Waals surface area (Å²) in [7, 11) is -2.60. The van der Waals surface area contributed by atoms with Crippen LogP contribution < -0.4 is 0 Å². The lowest BCUT2D eigenvalue weighted by Gasteiger charge is -2.50. The van der Waals surface area contributed by atoms with Gasteiger partial charge in [-0.3, -0.25) is 28.9 Å². The molecule has 0 saturated carbocycles. The monoisotopic (exact) mass is 527 g/mol. The molecule has 36 heavy (non-hydrogen) atoms. The van der Waals surface area contributed by atoms with Crippen LogP contribution >= 0.6 is 0 Å². The third-order valence-corrected chi connectivity index (χ3v) is 11.3. The van der Waals surface area contributed by atoms with Gasteiger partial charge in [0.05, 0.1) is 0 Å². The minimum atomic E-state index is -2.60. The first kappa shape index (κ1) is 29.7. The number of carbonyl (C=O) groups excluding carboxylic acids is 5. The van der Waals surface area contributed by atoms with Crippen LogP contribution in [0.15, 0.2) is 11.1 Å². The van der Waals surface area contributed by atoms with Crippen LogP contribution in [-0.2, 0) is 47.3 Å². The second-order valence-electron chi connectivity index (χ2n) is 10.6. The third kappa shape index (κ3) is 6.21. The van der Waals surface area contributed by atoms with Gasteiger partial charge in [0.2, 0.25) is 0 Å². The maximum atomic E-state index is 13.2. The van der Waals surface area contributed by atoms with Crippen molar-refractivity contribution in [2.24, 2.45) is 0 Å². The van der Waals surface area contributed by atoms with Crippen molar-refractivity contribution in [3.63, 3.8) is 0 Å². The van der Waals surface area contributed by atoms with Crippen molar-refractivity contribution in [1.82, 2.24) is 4.90 Å². The molecule has 2 aliphatic rings. The Morgan fingerprint density at radius 3 is 1.78 bits per heavy atom. The maximum absolute atomic E-state index is 13.2. The van der Waals surface area contributed by atoms with Gasteiger partial charge in [-0.05, 0) is 32.0 Å². The molecule has 0 aliphatic carbocycles. The highest BCUT2D eigenvalue weighted by atomic mass is 28.4. The average Bonchev–Trinajstić information content (AvgIpc) is 2.90. The smallest absolute Gasteiger partial charge is 0.303 e. The van der Waals surface area contributed by atoms with E-state index >= 15 is 0 Å². The van der Waals surface area contributed by atoms with Crippen molar-refractivity contribution < 1.29 is 47.3 Å². The number of rotatable bonds is 7. The molecule has 2 aliphatic heterocycles. The van der Waals surface area contributed by atoms with Crippen LogP contribution in [0.25, 0.3) is 0 Å². The van der Waals surface area contributed by atoms with E-state index in [-0.39, 0.29) is 22.8 Å². The summed E-state index contributed by atoms with van der Waals surface area (Å²) in [6.07, 6.45) is -5.00. The van der Waals surface area contributed by atoms with Gasteiger partial charge in [0.25, 0.3) is 11.8 Å². The summed E-state index contributed by atoms with van der Waals surface area (Å²) in [5.74, 6) is -3.24. The van der Waals surface area contributed by atoms with Gasteiger partial charge in [0.1, 0.15) is 18.8 Å². The van der Waals surface area contributed by atoms with E-state index in [1.54, 1.807) is 0 Å². The molecule has 0 N–H and O–H groups in total. The molecule has 2 amide bonds. The van der Waals surface area contributed by atoms with Gasteiger partial charge >= 0.3 is 17.9 Å². The van der Waals surface area contributed by atoms with E-state index in [1.807, 2.05) is 33.9 Å². The molecule has 202 valence electrons. The van der Waals surface area contributed by atoms with E-state index in [9.17, 15) is 24.0 Å². The number of hydrogen-bond acceptors (Lipinski definition) is 10. The minimum Gasteiger partial charge on any atom is -0.463 e. The highest BCUT2D eigenvalue weighted by Gasteiger charge is 2.58. The summed E-state index contributed by atoms with van der Waals surface area (Å²) in [5.41, 5.74) is 0.470. The first-order chi connectivity index (χ1) is 16.4. The third-order valence-electron chi connectivity index (χ3n) is 6.83. The molecule has 0 aromatic rings. The lowest BCUT2D eigenvalue weighted by atomic mass is 9.95. The first-order valence-electron chi connectivity index (χ1n) is 11.8. The standard InChI is InChI=1S/C24H37NO10Si/c1-12-13(2)22(30)25(21(12)29)18-20(33-16(5)28)19(32-15(4)27)17(11-31-14(3)26)34-23(18)35-36(9,10)24(6,7)8/h17-20,23H,11H2,1-10H3/t17-,18-,19-,20-,23+/m1/s1. The average molecular weight is 528 g/mol. The number of nitrogens with zero attached hydrogens (tertiary/aromatic N) is 1. The summed E-state index contributed by atoms with van der Waals surface area (Å²) in [6, 6.07) is -1.27. The Balaban J connectivity index is 2.69. The Morgan fingerprint density at radius 1 is 0.889 bits per heavy atom. The van der Waals surface area contributed by atoms with Crippen LogP contribution in [0, 0.1) is 0 Å². The minimum absolute atomic E-state index is 0.235. The summed E-state index contributed by atoms with van der Waals surface area (Å²) in [4.78, 5) is 63.2. The molecule has 11 nitrogen and oxygen atoms in total. The molecule has 5 atom stereocenters. The van der Waals surface area contributed by atoms with E-state index in [2.05, 4.69) is 0 Å². The lowest BCUT2D eigenvalue weighted by Crippen LogP contribution is -2.69.